The molecule has 0 atom stereocenters. The molecule has 43 heavy (non-hydrogen) atoms. The molecule has 4 rings (SSSR count). The first-order chi connectivity index (χ1) is 20.4. The molecule has 1 amide bonds. The summed E-state index contributed by atoms with van der Waals surface area (Å²) < 4.78 is 9.90. The number of aromatic nitrogens is 3. The molecule has 2 aromatic carbocycles. The molecule has 0 aliphatic rings. The number of nitrogens with one attached hydrogen (secondary N) is 1. The Bertz CT molecular complexity index is 1570. The van der Waals surface area contributed by atoms with Crippen molar-refractivity contribution in [1.82, 2.24) is 19.7 Å². The summed E-state index contributed by atoms with van der Waals surface area (Å²) in [6.07, 6.45) is 5.64. The molecule has 8 heteroatoms. The van der Waals surface area contributed by atoms with Gasteiger partial charge in [-0.15, -0.1) is 0 Å². The summed E-state index contributed by atoms with van der Waals surface area (Å²) in [5, 5.41) is 8.65. The number of aryl methyl sites for hydroxylation is 1. The van der Waals surface area contributed by atoms with E-state index in [0.29, 0.717) is 40.3 Å². The fraction of sp³-hybridized carbons (Fsp3) is 0.429. The average molecular weight is 624 g/mol. The van der Waals surface area contributed by atoms with E-state index in [1.165, 1.54) is 11.1 Å². The molecule has 0 radical (unpaired) electrons. The highest BCUT2D eigenvalue weighted by Gasteiger charge is 2.26. The van der Waals surface area contributed by atoms with Gasteiger partial charge in [0.15, 0.2) is 0 Å². The molecule has 0 aliphatic carbocycles. The Labute approximate surface area is 266 Å². The van der Waals surface area contributed by atoms with Crippen LogP contribution in [0.1, 0.15) is 88.8 Å². The van der Waals surface area contributed by atoms with Crippen molar-refractivity contribution in [2.45, 2.75) is 78.1 Å². The van der Waals surface area contributed by atoms with Gasteiger partial charge in [0.05, 0.1) is 28.0 Å². The van der Waals surface area contributed by atoms with Crippen molar-refractivity contribution in [3.05, 3.63) is 87.7 Å². The summed E-state index contributed by atoms with van der Waals surface area (Å²) in [5.74, 6) is 0.742. The van der Waals surface area contributed by atoms with Gasteiger partial charge in [0.1, 0.15) is 17.1 Å². The minimum atomic E-state index is -0.207. The zero-order chi connectivity index (χ0) is 31.4. The monoisotopic (exact) mass is 622 g/mol. The van der Waals surface area contributed by atoms with Gasteiger partial charge in [0.25, 0.3) is 5.91 Å². The van der Waals surface area contributed by atoms with Gasteiger partial charge in [0.2, 0.25) is 0 Å². The average Bonchev–Trinajstić information content (AvgIpc) is 3.62. The summed E-state index contributed by atoms with van der Waals surface area (Å²) in [6, 6.07) is 17.6. The Kier molecular flexibility index (Phi) is 10.3. The predicted octanol–water partition coefficient (Wildman–Crippen LogP) is 9.15. The molecule has 0 spiro atoms. The van der Waals surface area contributed by atoms with Crippen LogP contribution in [0.15, 0.2) is 60.8 Å². The Morgan fingerprint density at radius 3 is 2.33 bits per heavy atom. The highest BCUT2D eigenvalue weighted by Crippen LogP contribution is 2.38. The second-order valence-corrected chi connectivity index (χ2v) is 13.2. The van der Waals surface area contributed by atoms with E-state index < -0.39 is 0 Å². The lowest BCUT2D eigenvalue weighted by Crippen LogP contribution is -2.27. The number of benzene rings is 2. The van der Waals surface area contributed by atoms with Gasteiger partial charge in [-0.25, -0.2) is 4.68 Å². The van der Waals surface area contributed by atoms with Gasteiger partial charge in [-0.1, -0.05) is 76.9 Å². The smallest absolute Gasteiger partial charge is 0.270 e. The van der Waals surface area contributed by atoms with Gasteiger partial charge in [-0.3, -0.25) is 4.79 Å². The third kappa shape index (κ3) is 7.47. The van der Waals surface area contributed by atoms with Gasteiger partial charge >= 0.3 is 0 Å². The fourth-order valence-electron chi connectivity index (χ4n) is 4.91. The van der Waals surface area contributed by atoms with E-state index in [-0.39, 0.29) is 16.7 Å². The fourth-order valence-corrected chi connectivity index (χ4v) is 5.20. The summed E-state index contributed by atoms with van der Waals surface area (Å²) in [6.45, 7) is 14.7. The van der Waals surface area contributed by atoms with E-state index in [0.717, 1.165) is 37.1 Å². The second-order valence-electron chi connectivity index (χ2n) is 12.4. The molecular formula is C35H44Cl2N4O2. The maximum Gasteiger partial charge on any atom is 0.270 e. The van der Waals surface area contributed by atoms with Crippen molar-refractivity contribution in [1.29, 1.82) is 0 Å². The number of hydrogen-bond donors (Lipinski definition) is 1. The minimum Gasteiger partial charge on any atom is -0.493 e. The van der Waals surface area contributed by atoms with E-state index in [1.54, 1.807) is 28.9 Å². The van der Waals surface area contributed by atoms with E-state index in [1.807, 2.05) is 29.9 Å². The Balaban J connectivity index is 1.41. The van der Waals surface area contributed by atoms with Crippen LogP contribution in [-0.4, -0.2) is 33.4 Å². The van der Waals surface area contributed by atoms with Crippen molar-refractivity contribution in [2.24, 2.45) is 7.05 Å². The Hall–Kier alpha value is -3.22. The zero-order valence-corrected chi connectivity index (χ0v) is 27.9. The summed E-state index contributed by atoms with van der Waals surface area (Å²) in [7, 11) is 1.95. The molecule has 0 saturated heterocycles. The van der Waals surface area contributed by atoms with Crippen molar-refractivity contribution in [3.63, 3.8) is 0 Å². The molecule has 230 valence electrons. The molecule has 0 unspecified atom stereocenters. The van der Waals surface area contributed by atoms with Crippen LogP contribution >= 0.6 is 23.2 Å². The predicted molar refractivity (Wildman–Crippen MR) is 178 cm³/mol. The number of hydrogen-bond acceptors (Lipinski definition) is 3. The van der Waals surface area contributed by atoms with E-state index in [4.69, 9.17) is 33.0 Å². The highest BCUT2D eigenvalue weighted by molar-refractivity contribution is 6.42. The van der Waals surface area contributed by atoms with Gasteiger partial charge in [-0.05, 0) is 84.5 Å². The van der Waals surface area contributed by atoms with Crippen LogP contribution < -0.4 is 10.1 Å². The first-order valence-corrected chi connectivity index (χ1v) is 15.9. The maximum absolute atomic E-state index is 13.4. The lowest BCUT2D eigenvalue weighted by Gasteiger charge is -2.30. The molecular weight excluding hydrogens is 579 g/mol. The molecule has 1 N–H and O–H groups in total. The topological polar surface area (TPSA) is 61.1 Å². The van der Waals surface area contributed by atoms with Gasteiger partial charge in [0, 0.05) is 25.4 Å². The molecule has 6 nitrogen and oxygen atoms in total. The summed E-state index contributed by atoms with van der Waals surface area (Å²) in [5.41, 5.74) is 5.41. The van der Waals surface area contributed by atoms with E-state index in [2.05, 4.69) is 65.1 Å². The van der Waals surface area contributed by atoms with Crippen molar-refractivity contribution in [2.75, 3.05) is 13.2 Å². The lowest BCUT2D eigenvalue weighted by atomic mass is 9.76. The Morgan fingerprint density at radius 2 is 1.67 bits per heavy atom. The first kappa shape index (κ1) is 32.7. The van der Waals surface area contributed by atoms with Crippen LogP contribution in [0.25, 0.3) is 17.1 Å². The number of carbonyl (C=O) groups excluding carboxylic acids is 1. The highest BCUT2D eigenvalue weighted by atomic mass is 35.5. The zero-order valence-electron chi connectivity index (χ0n) is 26.4. The van der Waals surface area contributed by atoms with Crippen molar-refractivity contribution < 1.29 is 9.53 Å². The third-order valence-electron chi connectivity index (χ3n) is 8.67. The maximum atomic E-state index is 13.4. The summed E-state index contributed by atoms with van der Waals surface area (Å²) >= 11 is 12.4. The lowest BCUT2D eigenvalue weighted by molar-refractivity contribution is 0.0944. The normalized spacial score (nSPS) is 12.0. The van der Waals surface area contributed by atoms with Crippen LogP contribution in [0, 0.1) is 0 Å². The third-order valence-corrected chi connectivity index (χ3v) is 9.41. The van der Waals surface area contributed by atoms with Crippen LogP contribution in [0.2, 0.25) is 10.0 Å². The number of halogens is 2. The molecule has 0 aliphatic heterocycles. The number of rotatable bonds is 13. The SMILES string of the molecule is CCC(C)(C)c1ccc(OCCCCNC(=O)c2cc(-c3cccn3C)nn2-c2ccc(Cl)c(Cl)c2)c(C(C)(C)CC)c1. The Morgan fingerprint density at radius 1 is 0.930 bits per heavy atom. The number of amides is 1. The van der Waals surface area contributed by atoms with Crippen LogP contribution in [0.5, 0.6) is 5.75 Å². The van der Waals surface area contributed by atoms with Crippen LogP contribution in [0.3, 0.4) is 0 Å². The first-order valence-electron chi connectivity index (χ1n) is 15.1. The quantitative estimate of drug-likeness (QED) is 0.151. The minimum absolute atomic E-state index is 0.0126. The molecule has 2 heterocycles. The number of ether oxygens (including phenoxy) is 1. The number of unbranched alkanes of at least 4 members (excludes halogenated alkanes) is 1. The number of carbonyl (C=O) groups is 1. The largest absolute Gasteiger partial charge is 0.493 e. The summed E-state index contributed by atoms with van der Waals surface area (Å²) in [4.78, 5) is 13.4. The van der Waals surface area contributed by atoms with Gasteiger partial charge < -0.3 is 14.6 Å². The molecule has 0 bridgehead atoms. The van der Waals surface area contributed by atoms with Crippen LogP contribution in [0.4, 0.5) is 0 Å². The van der Waals surface area contributed by atoms with Crippen molar-refractivity contribution in [3.8, 4) is 22.8 Å². The number of nitrogens with zero attached hydrogens (tertiary/aromatic N) is 3. The molecule has 2 aromatic heterocycles. The standard InChI is InChI=1S/C35H44Cl2N4O2/c1-8-34(3,4)24-14-17-32(26(21-24)35(5,6)9-2)43-20-11-10-18-38-33(42)31-23-29(30-13-12-19-40(30)7)39-41(31)25-15-16-27(36)28(37)22-25/h12-17,19,21-23H,8-11,18,20H2,1-7H3,(H,38,42). The molecule has 0 fully saturated rings. The second kappa shape index (κ2) is 13.6. The van der Waals surface area contributed by atoms with Crippen molar-refractivity contribution >= 4 is 29.1 Å². The van der Waals surface area contributed by atoms with Gasteiger partial charge in [-0.2, -0.15) is 5.10 Å². The van der Waals surface area contributed by atoms with Crippen LogP contribution in [-0.2, 0) is 17.9 Å². The van der Waals surface area contributed by atoms with E-state index >= 15 is 0 Å². The molecule has 0 saturated carbocycles. The van der Waals surface area contributed by atoms with E-state index in [9.17, 15) is 4.79 Å². The molecule has 4 aromatic rings.